The Hall–Kier alpha value is -2.49. The van der Waals surface area contributed by atoms with Crippen LogP contribution < -0.4 is 10.5 Å². The average molecular weight is 297 g/mol. The highest BCUT2D eigenvalue weighted by molar-refractivity contribution is 5.75. The van der Waals surface area contributed by atoms with Crippen LogP contribution in [0.4, 0.5) is 0 Å². The van der Waals surface area contributed by atoms with Gasteiger partial charge in [0, 0.05) is 6.07 Å². The molecule has 0 aliphatic rings. The summed E-state index contributed by atoms with van der Waals surface area (Å²) in [4.78, 5) is 12.1. The Morgan fingerprint density at radius 3 is 2.50 bits per heavy atom. The Balaban J connectivity index is 2.03. The SMILES string of the molecule is CC(C)(C)Oc1ccc2oc(=O)n(Cc3ccccc3)c2c1. The van der Waals surface area contributed by atoms with Crippen molar-refractivity contribution < 1.29 is 9.15 Å². The first kappa shape index (κ1) is 14.4. The third kappa shape index (κ3) is 3.06. The number of hydrogen-bond acceptors (Lipinski definition) is 3. The van der Waals surface area contributed by atoms with Gasteiger partial charge in [-0.2, -0.15) is 0 Å². The van der Waals surface area contributed by atoms with Crippen molar-refractivity contribution >= 4 is 11.1 Å². The number of hydrogen-bond donors (Lipinski definition) is 0. The number of aromatic nitrogens is 1. The molecule has 0 N–H and O–H groups in total. The zero-order chi connectivity index (χ0) is 15.7. The second kappa shape index (κ2) is 5.37. The van der Waals surface area contributed by atoms with Crippen LogP contribution in [-0.4, -0.2) is 10.2 Å². The molecular formula is C18H19NO3. The molecule has 0 radical (unpaired) electrons. The highest BCUT2D eigenvalue weighted by Crippen LogP contribution is 2.24. The average Bonchev–Trinajstić information content (AvgIpc) is 2.75. The number of benzene rings is 2. The Labute approximate surface area is 128 Å². The number of oxazole rings is 1. The van der Waals surface area contributed by atoms with Crippen LogP contribution in [0.1, 0.15) is 26.3 Å². The predicted octanol–water partition coefficient (Wildman–Crippen LogP) is 3.82. The van der Waals surface area contributed by atoms with E-state index in [0.717, 1.165) is 16.8 Å². The van der Waals surface area contributed by atoms with Gasteiger partial charge < -0.3 is 9.15 Å². The minimum absolute atomic E-state index is 0.290. The molecule has 3 rings (SSSR count). The van der Waals surface area contributed by atoms with Gasteiger partial charge in [0.25, 0.3) is 0 Å². The summed E-state index contributed by atoms with van der Waals surface area (Å²) in [5, 5.41) is 0. The number of nitrogens with zero attached hydrogens (tertiary/aromatic N) is 1. The molecule has 4 heteroatoms. The van der Waals surface area contributed by atoms with Gasteiger partial charge >= 0.3 is 5.76 Å². The smallest absolute Gasteiger partial charge is 0.420 e. The number of ether oxygens (including phenoxy) is 1. The van der Waals surface area contributed by atoms with E-state index in [4.69, 9.17) is 9.15 Å². The first-order chi connectivity index (χ1) is 10.4. The second-order valence-corrected chi connectivity index (χ2v) is 6.28. The molecule has 0 saturated carbocycles. The van der Waals surface area contributed by atoms with Crippen molar-refractivity contribution in [3.05, 3.63) is 64.6 Å². The van der Waals surface area contributed by atoms with Gasteiger partial charge in [0.1, 0.15) is 11.4 Å². The van der Waals surface area contributed by atoms with Crippen LogP contribution in [0.5, 0.6) is 5.75 Å². The molecule has 4 nitrogen and oxygen atoms in total. The summed E-state index contributed by atoms with van der Waals surface area (Å²) in [5.74, 6) is 0.370. The molecular weight excluding hydrogens is 278 g/mol. The second-order valence-electron chi connectivity index (χ2n) is 6.28. The number of fused-ring (bicyclic) bond motifs is 1. The van der Waals surface area contributed by atoms with Gasteiger partial charge in [-0.05, 0) is 38.5 Å². The van der Waals surface area contributed by atoms with Crippen molar-refractivity contribution in [3.63, 3.8) is 0 Å². The highest BCUT2D eigenvalue weighted by atomic mass is 16.5. The van der Waals surface area contributed by atoms with Crippen LogP contribution in [0.2, 0.25) is 0 Å². The van der Waals surface area contributed by atoms with Gasteiger partial charge in [-0.15, -0.1) is 0 Å². The molecule has 1 heterocycles. The minimum atomic E-state index is -0.355. The lowest BCUT2D eigenvalue weighted by Crippen LogP contribution is -2.23. The van der Waals surface area contributed by atoms with Gasteiger partial charge in [0.05, 0.1) is 12.1 Å². The van der Waals surface area contributed by atoms with Crippen LogP contribution >= 0.6 is 0 Å². The fourth-order valence-electron chi connectivity index (χ4n) is 2.37. The van der Waals surface area contributed by atoms with Crippen molar-refractivity contribution in [3.8, 4) is 5.75 Å². The fraction of sp³-hybridized carbons (Fsp3) is 0.278. The van der Waals surface area contributed by atoms with E-state index in [1.165, 1.54) is 0 Å². The maximum absolute atomic E-state index is 12.1. The highest BCUT2D eigenvalue weighted by Gasteiger charge is 2.15. The van der Waals surface area contributed by atoms with Crippen LogP contribution in [0, 0.1) is 0 Å². The molecule has 0 saturated heterocycles. The van der Waals surface area contributed by atoms with Crippen LogP contribution in [0.25, 0.3) is 11.1 Å². The molecule has 114 valence electrons. The van der Waals surface area contributed by atoms with Crippen LogP contribution in [0.3, 0.4) is 0 Å². The molecule has 0 aliphatic carbocycles. The fourth-order valence-corrected chi connectivity index (χ4v) is 2.37. The summed E-state index contributed by atoms with van der Waals surface area (Å²) in [5.41, 5.74) is 2.08. The molecule has 0 atom stereocenters. The molecule has 0 aliphatic heterocycles. The van der Waals surface area contributed by atoms with Crippen molar-refractivity contribution in [2.24, 2.45) is 0 Å². The van der Waals surface area contributed by atoms with E-state index in [0.29, 0.717) is 12.1 Å². The normalized spacial score (nSPS) is 11.8. The van der Waals surface area contributed by atoms with E-state index in [1.807, 2.05) is 63.2 Å². The van der Waals surface area contributed by atoms with E-state index in [2.05, 4.69) is 0 Å². The Kier molecular flexibility index (Phi) is 3.53. The zero-order valence-electron chi connectivity index (χ0n) is 13.0. The number of rotatable bonds is 3. The van der Waals surface area contributed by atoms with E-state index in [1.54, 1.807) is 10.6 Å². The quantitative estimate of drug-likeness (QED) is 0.738. The van der Waals surface area contributed by atoms with E-state index in [-0.39, 0.29) is 11.4 Å². The van der Waals surface area contributed by atoms with E-state index >= 15 is 0 Å². The molecule has 2 aromatic carbocycles. The maximum atomic E-state index is 12.1. The first-order valence-electron chi connectivity index (χ1n) is 7.29. The van der Waals surface area contributed by atoms with Crippen molar-refractivity contribution in [2.75, 3.05) is 0 Å². The van der Waals surface area contributed by atoms with Crippen molar-refractivity contribution in [2.45, 2.75) is 32.9 Å². The molecule has 0 bridgehead atoms. The van der Waals surface area contributed by atoms with Gasteiger partial charge in [0.2, 0.25) is 0 Å². The maximum Gasteiger partial charge on any atom is 0.420 e. The molecule has 0 fully saturated rings. The summed E-state index contributed by atoms with van der Waals surface area (Å²) < 4.78 is 12.8. The summed E-state index contributed by atoms with van der Waals surface area (Å²) in [6, 6.07) is 15.3. The Morgan fingerprint density at radius 2 is 1.82 bits per heavy atom. The van der Waals surface area contributed by atoms with Crippen molar-refractivity contribution in [1.82, 2.24) is 4.57 Å². The molecule has 1 aromatic heterocycles. The van der Waals surface area contributed by atoms with Gasteiger partial charge in [-0.3, -0.25) is 4.57 Å². The molecule has 3 aromatic rings. The molecule has 0 spiro atoms. The Bertz CT molecular complexity index is 838. The third-order valence-electron chi connectivity index (χ3n) is 3.25. The minimum Gasteiger partial charge on any atom is -0.488 e. The lowest BCUT2D eigenvalue weighted by Gasteiger charge is -2.21. The van der Waals surface area contributed by atoms with Crippen LogP contribution in [-0.2, 0) is 6.54 Å². The standard InChI is InChI=1S/C18H19NO3/c1-18(2,3)22-14-9-10-16-15(11-14)19(17(20)21-16)12-13-7-5-4-6-8-13/h4-11H,12H2,1-3H3. The van der Waals surface area contributed by atoms with Crippen molar-refractivity contribution in [1.29, 1.82) is 0 Å². The van der Waals surface area contributed by atoms with Gasteiger partial charge in [0.15, 0.2) is 5.58 Å². The summed E-state index contributed by atoms with van der Waals surface area (Å²) in [6.45, 7) is 6.45. The topological polar surface area (TPSA) is 44.4 Å². The third-order valence-corrected chi connectivity index (χ3v) is 3.25. The summed E-state index contributed by atoms with van der Waals surface area (Å²) in [7, 11) is 0. The summed E-state index contributed by atoms with van der Waals surface area (Å²) >= 11 is 0. The van der Waals surface area contributed by atoms with E-state index in [9.17, 15) is 4.79 Å². The monoisotopic (exact) mass is 297 g/mol. The predicted molar refractivity (Wildman–Crippen MR) is 86.4 cm³/mol. The zero-order valence-corrected chi connectivity index (χ0v) is 13.0. The first-order valence-corrected chi connectivity index (χ1v) is 7.29. The van der Waals surface area contributed by atoms with Gasteiger partial charge in [-0.25, -0.2) is 4.79 Å². The van der Waals surface area contributed by atoms with Gasteiger partial charge in [-0.1, -0.05) is 30.3 Å². The summed E-state index contributed by atoms with van der Waals surface area (Å²) in [6.07, 6.45) is 0. The largest absolute Gasteiger partial charge is 0.488 e. The van der Waals surface area contributed by atoms with Crippen LogP contribution in [0.15, 0.2) is 57.7 Å². The lowest BCUT2D eigenvalue weighted by atomic mass is 10.2. The molecule has 22 heavy (non-hydrogen) atoms. The van der Waals surface area contributed by atoms with E-state index < -0.39 is 0 Å². The lowest BCUT2D eigenvalue weighted by molar-refractivity contribution is 0.131. The molecule has 0 unspecified atom stereocenters. The molecule has 0 amide bonds. The Morgan fingerprint density at radius 1 is 1.09 bits per heavy atom.